The number of nitrogens with zero attached hydrogens (tertiary/aromatic N) is 1. The van der Waals surface area contributed by atoms with E-state index < -0.39 is 0 Å². The van der Waals surface area contributed by atoms with Crippen LogP contribution in [0.1, 0.15) is 53.8 Å². The lowest BCUT2D eigenvalue weighted by atomic mass is 10.0. The number of rotatable bonds is 8. The molecule has 2 aromatic carbocycles. The van der Waals surface area contributed by atoms with Crippen molar-refractivity contribution < 1.29 is 14.3 Å². The fraction of sp³-hybridized carbons (Fsp3) is 0.440. The molecule has 2 N–H and O–H groups in total. The van der Waals surface area contributed by atoms with Crippen LogP contribution in [0.2, 0.25) is 0 Å². The van der Waals surface area contributed by atoms with Gasteiger partial charge in [-0.3, -0.25) is 9.59 Å². The molecule has 1 saturated heterocycles. The Hall–Kier alpha value is -3.02. The topological polar surface area (TPSA) is 70.7 Å². The van der Waals surface area contributed by atoms with E-state index in [2.05, 4.69) is 29.4 Å². The van der Waals surface area contributed by atoms with E-state index in [1.165, 1.54) is 0 Å². The summed E-state index contributed by atoms with van der Waals surface area (Å²) in [4.78, 5) is 27.7. The van der Waals surface area contributed by atoms with Gasteiger partial charge >= 0.3 is 0 Å². The number of para-hydroxylation sites is 2. The first-order valence-electron chi connectivity index (χ1n) is 11.1. The van der Waals surface area contributed by atoms with E-state index in [0.717, 1.165) is 38.0 Å². The highest BCUT2D eigenvalue weighted by molar-refractivity contribution is 6.00. The summed E-state index contributed by atoms with van der Waals surface area (Å²) >= 11 is 0. The molecule has 0 saturated carbocycles. The van der Waals surface area contributed by atoms with Gasteiger partial charge in [0.25, 0.3) is 11.8 Å². The van der Waals surface area contributed by atoms with Gasteiger partial charge < -0.3 is 20.3 Å². The van der Waals surface area contributed by atoms with Crippen LogP contribution in [-0.2, 0) is 0 Å². The maximum Gasteiger partial charge on any atom is 0.255 e. The lowest BCUT2D eigenvalue weighted by Gasteiger charge is -2.35. The Morgan fingerprint density at radius 2 is 1.68 bits per heavy atom. The number of hydrogen-bond acceptors (Lipinski definition) is 4. The molecule has 0 aliphatic carbocycles. The third-order valence-electron chi connectivity index (χ3n) is 5.98. The van der Waals surface area contributed by atoms with Gasteiger partial charge in [0.1, 0.15) is 5.75 Å². The second-order valence-corrected chi connectivity index (χ2v) is 8.18. The average molecular weight is 424 g/mol. The summed E-state index contributed by atoms with van der Waals surface area (Å²) in [7, 11) is 1.57. The number of carbonyl (C=O) groups is 2. The van der Waals surface area contributed by atoms with Crippen molar-refractivity contribution in [3.63, 3.8) is 0 Å². The second-order valence-electron chi connectivity index (χ2n) is 8.18. The molecule has 1 heterocycles. The fourth-order valence-electron chi connectivity index (χ4n) is 3.81. The highest BCUT2D eigenvalue weighted by atomic mass is 16.5. The van der Waals surface area contributed by atoms with Gasteiger partial charge in [0, 0.05) is 31.4 Å². The third kappa shape index (κ3) is 5.78. The molecule has 6 nitrogen and oxygen atoms in total. The van der Waals surface area contributed by atoms with Crippen LogP contribution in [-0.4, -0.2) is 44.6 Å². The van der Waals surface area contributed by atoms with Crippen LogP contribution in [0.25, 0.3) is 0 Å². The first-order chi connectivity index (χ1) is 15.0. The highest BCUT2D eigenvalue weighted by Crippen LogP contribution is 2.25. The Balaban J connectivity index is 1.60. The SMILES string of the molecule is CC[C@H](C)CNC(=O)c1ccccc1N1CCC(NC(=O)c2ccccc2OC)CC1. The fourth-order valence-corrected chi connectivity index (χ4v) is 3.81. The number of carbonyl (C=O) groups excluding carboxylic acids is 2. The molecule has 0 radical (unpaired) electrons. The molecule has 1 aliphatic rings. The van der Waals surface area contributed by atoms with Crippen molar-refractivity contribution >= 4 is 17.5 Å². The van der Waals surface area contributed by atoms with E-state index in [1.807, 2.05) is 36.4 Å². The van der Waals surface area contributed by atoms with Gasteiger partial charge in [0.15, 0.2) is 0 Å². The summed E-state index contributed by atoms with van der Waals surface area (Å²) < 4.78 is 5.30. The maximum absolute atomic E-state index is 12.7. The molecule has 1 atom stereocenters. The third-order valence-corrected chi connectivity index (χ3v) is 5.98. The number of methoxy groups -OCH3 is 1. The van der Waals surface area contributed by atoms with E-state index in [-0.39, 0.29) is 17.9 Å². The number of anilines is 1. The Kier molecular flexibility index (Phi) is 7.93. The van der Waals surface area contributed by atoms with E-state index >= 15 is 0 Å². The van der Waals surface area contributed by atoms with Crippen molar-refractivity contribution in [2.24, 2.45) is 5.92 Å². The first kappa shape index (κ1) is 22.7. The summed E-state index contributed by atoms with van der Waals surface area (Å²) in [6.07, 6.45) is 2.68. The molecule has 0 aromatic heterocycles. The molecule has 0 bridgehead atoms. The van der Waals surface area contributed by atoms with Crippen molar-refractivity contribution in [2.75, 3.05) is 31.6 Å². The van der Waals surface area contributed by atoms with Crippen molar-refractivity contribution in [2.45, 2.75) is 39.2 Å². The molecule has 166 valence electrons. The zero-order valence-corrected chi connectivity index (χ0v) is 18.7. The summed E-state index contributed by atoms with van der Waals surface area (Å²) in [5.41, 5.74) is 2.22. The molecule has 0 spiro atoms. The predicted molar refractivity (Wildman–Crippen MR) is 124 cm³/mol. The van der Waals surface area contributed by atoms with Crippen LogP contribution in [0, 0.1) is 5.92 Å². The first-order valence-corrected chi connectivity index (χ1v) is 11.1. The zero-order valence-electron chi connectivity index (χ0n) is 18.7. The minimum Gasteiger partial charge on any atom is -0.496 e. The zero-order chi connectivity index (χ0) is 22.2. The summed E-state index contributed by atoms with van der Waals surface area (Å²) in [6.45, 7) is 6.51. The molecule has 1 fully saturated rings. The van der Waals surface area contributed by atoms with Gasteiger partial charge in [-0.15, -0.1) is 0 Å². The van der Waals surface area contributed by atoms with Gasteiger partial charge in [0.2, 0.25) is 0 Å². The van der Waals surface area contributed by atoms with Gasteiger partial charge in [-0.1, -0.05) is 44.5 Å². The lowest BCUT2D eigenvalue weighted by molar-refractivity contribution is 0.0926. The normalized spacial score (nSPS) is 15.3. The number of hydrogen-bond donors (Lipinski definition) is 2. The smallest absolute Gasteiger partial charge is 0.255 e. The Bertz CT molecular complexity index is 891. The van der Waals surface area contributed by atoms with Crippen molar-refractivity contribution in [1.82, 2.24) is 10.6 Å². The van der Waals surface area contributed by atoms with Crippen LogP contribution in [0.3, 0.4) is 0 Å². The van der Waals surface area contributed by atoms with Crippen LogP contribution in [0.5, 0.6) is 5.75 Å². The highest BCUT2D eigenvalue weighted by Gasteiger charge is 2.24. The minimum absolute atomic E-state index is 0.0255. The van der Waals surface area contributed by atoms with Gasteiger partial charge in [0.05, 0.1) is 18.2 Å². The van der Waals surface area contributed by atoms with Crippen molar-refractivity contribution in [3.05, 3.63) is 59.7 Å². The van der Waals surface area contributed by atoms with Gasteiger partial charge in [-0.25, -0.2) is 0 Å². The van der Waals surface area contributed by atoms with E-state index in [1.54, 1.807) is 19.2 Å². The van der Waals surface area contributed by atoms with E-state index in [0.29, 0.717) is 29.3 Å². The largest absolute Gasteiger partial charge is 0.496 e. The monoisotopic (exact) mass is 423 g/mol. The summed E-state index contributed by atoms with van der Waals surface area (Å²) in [6, 6.07) is 15.1. The van der Waals surface area contributed by atoms with Crippen LogP contribution >= 0.6 is 0 Å². The minimum atomic E-state index is -0.110. The van der Waals surface area contributed by atoms with Gasteiger partial charge in [-0.05, 0) is 43.0 Å². The molecule has 0 unspecified atom stereocenters. The van der Waals surface area contributed by atoms with Gasteiger partial charge in [-0.2, -0.15) is 0 Å². The molecule has 2 aromatic rings. The average Bonchev–Trinajstić information content (AvgIpc) is 2.82. The molecule has 31 heavy (non-hydrogen) atoms. The number of amides is 2. The molecular formula is C25H33N3O3. The molecule has 6 heteroatoms. The van der Waals surface area contributed by atoms with Crippen molar-refractivity contribution in [3.8, 4) is 5.75 Å². The summed E-state index contributed by atoms with van der Waals surface area (Å²) in [5, 5.41) is 6.19. The standard InChI is InChI=1S/C25H33N3O3/c1-4-18(2)17-26-24(29)20-9-5-7-11-22(20)28-15-13-19(14-16-28)27-25(30)21-10-6-8-12-23(21)31-3/h5-12,18-19H,4,13-17H2,1-3H3,(H,26,29)(H,27,30)/t18-/m0/s1. The number of nitrogens with one attached hydrogen (secondary N) is 2. The second kappa shape index (κ2) is 10.8. The quantitative estimate of drug-likeness (QED) is 0.676. The molecule has 3 rings (SSSR count). The predicted octanol–water partition coefficient (Wildman–Crippen LogP) is 3.87. The molecule has 2 amide bonds. The van der Waals surface area contributed by atoms with Crippen LogP contribution in [0.15, 0.2) is 48.5 Å². The Morgan fingerprint density at radius 1 is 1.03 bits per heavy atom. The molecular weight excluding hydrogens is 390 g/mol. The number of piperidine rings is 1. The lowest BCUT2D eigenvalue weighted by Crippen LogP contribution is -2.45. The van der Waals surface area contributed by atoms with E-state index in [4.69, 9.17) is 4.74 Å². The number of benzene rings is 2. The summed E-state index contributed by atoms with van der Waals surface area (Å²) in [5.74, 6) is 0.900. The number of ether oxygens (including phenoxy) is 1. The maximum atomic E-state index is 12.7. The Labute approximate surface area is 185 Å². The van der Waals surface area contributed by atoms with Crippen molar-refractivity contribution in [1.29, 1.82) is 0 Å². The van der Waals surface area contributed by atoms with Crippen LogP contribution in [0.4, 0.5) is 5.69 Å². The Morgan fingerprint density at radius 3 is 2.35 bits per heavy atom. The van der Waals surface area contributed by atoms with E-state index in [9.17, 15) is 9.59 Å². The molecule has 1 aliphatic heterocycles. The van der Waals surface area contributed by atoms with Crippen LogP contribution < -0.4 is 20.3 Å².